The van der Waals surface area contributed by atoms with E-state index in [1.807, 2.05) is 53.4 Å². The molecule has 2 amide bonds. The monoisotopic (exact) mass is 427 g/mol. The summed E-state index contributed by atoms with van der Waals surface area (Å²) in [6.07, 6.45) is 0.323. The van der Waals surface area contributed by atoms with Crippen LogP contribution in [0.1, 0.15) is 17.2 Å². The highest BCUT2D eigenvalue weighted by Gasteiger charge is 2.39. The zero-order chi connectivity index (χ0) is 21.1. The molecule has 2 heterocycles. The summed E-state index contributed by atoms with van der Waals surface area (Å²) in [6, 6.07) is 14.9. The third kappa shape index (κ3) is 4.02. The average molecular weight is 428 g/mol. The maximum Gasteiger partial charge on any atom is 0.250 e. The van der Waals surface area contributed by atoms with Crippen LogP contribution in [-0.2, 0) is 20.7 Å². The fraction of sp³-hybridized carbons (Fsp3) is 0.391. The second-order valence-corrected chi connectivity index (χ2v) is 8.03. The summed E-state index contributed by atoms with van der Waals surface area (Å²) in [5, 5.41) is 0.717. The fourth-order valence-electron chi connectivity index (χ4n) is 4.30. The molecule has 2 aliphatic heterocycles. The molecule has 30 heavy (non-hydrogen) atoms. The Morgan fingerprint density at radius 3 is 2.50 bits per heavy atom. The van der Waals surface area contributed by atoms with Crippen molar-refractivity contribution >= 4 is 29.1 Å². The van der Waals surface area contributed by atoms with Crippen molar-refractivity contribution in [3.8, 4) is 0 Å². The number of piperazine rings is 1. The first-order chi connectivity index (χ1) is 14.6. The van der Waals surface area contributed by atoms with Gasteiger partial charge in [-0.3, -0.25) is 9.59 Å². The van der Waals surface area contributed by atoms with Crippen LogP contribution < -0.4 is 4.90 Å². The molecule has 0 bridgehead atoms. The van der Waals surface area contributed by atoms with E-state index in [0.29, 0.717) is 45.8 Å². The van der Waals surface area contributed by atoms with Gasteiger partial charge in [-0.15, -0.1) is 0 Å². The van der Waals surface area contributed by atoms with Crippen molar-refractivity contribution in [3.63, 3.8) is 0 Å². The van der Waals surface area contributed by atoms with Gasteiger partial charge >= 0.3 is 0 Å². The molecule has 2 aromatic carbocycles. The number of rotatable bonds is 5. The number of hydrogen-bond acceptors (Lipinski definition) is 4. The zero-order valence-electron chi connectivity index (χ0n) is 17.1. The lowest BCUT2D eigenvalue weighted by Gasteiger charge is -2.42. The molecule has 0 aliphatic carbocycles. The van der Waals surface area contributed by atoms with Gasteiger partial charge in [-0.2, -0.15) is 0 Å². The molecular formula is C23H26ClN3O3. The number of carbonyl (C=O) groups is 2. The van der Waals surface area contributed by atoms with Gasteiger partial charge in [0.25, 0.3) is 0 Å². The molecule has 1 saturated heterocycles. The quantitative estimate of drug-likeness (QED) is 0.736. The van der Waals surface area contributed by atoms with Gasteiger partial charge in [-0.1, -0.05) is 48.0 Å². The van der Waals surface area contributed by atoms with Gasteiger partial charge in [0.2, 0.25) is 11.8 Å². The zero-order valence-corrected chi connectivity index (χ0v) is 17.8. The lowest BCUT2D eigenvalue weighted by Crippen LogP contribution is -2.54. The van der Waals surface area contributed by atoms with Crippen LogP contribution in [-0.4, -0.2) is 68.1 Å². The van der Waals surface area contributed by atoms with Crippen molar-refractivity contribution in [1.29, 1.82) is 0 Å². The molecule has 1 fully saturated rings. The van der Waals surface area contributed by atoms with Gasteiger partial charge < -0.3 is 19.4 Å². The first-order valence-corrected chi connectivity index (χ1v) is 10.6. The maximum atomic E-state index is 13.6. The average Bonchev–Trinajstić information content (AvgIpc) is 2.77. The molecule has 2 aromatic rings. The van der Waals surface area contributed by atoms with Gasteiger partial charge in [0.05, 0.1) is 23.7 Å². The minimum Gasteiger partial charge on any atom is -0.383 e. The molecule has 1 unspecified atom stereocenters. The van der Waals surface area contributed by atoms with Crippen LogP contribution in [0.5, 0.6) is 0 Å². The Kier molecular flexibility index (Phi) is 6.25. The largest absolute Gasteiger partial charge is 0.383 e. The van der Waals surface area contributed by atoms with Crippen molar-refractivity contribution in [1.82, 2.24) is 9.80 Å². The van der Waals surface area contributed by atoms with E-state index in [2.05, 4.69) is 4.90 Å². The van der Waals surface area contributed by atoms with Crippen LogP contribution in [0.15, 0.2) is 48.5 Å². The molecule has 0 aromatic heterocycles. The number of hydrogen-bond donors (Lipinski definition) is 0. The van der Waals surface area contributed by atoms with E-state index in [0.717, 1.165) is 21.8 Å². The highest BCUT2D eigenvalue weighted by atomic mass is 35.5. The Balaban J connectivity index is 1.54. The number of halogens is 1. The van der Waals surface area contributed by atoms with Crippen molar-refractivity contribution in [2.24, 2.45) is 0 Å². The summed E-state index contributed by atoms with van der Waals surface area (Å²) in [5.74, 6) is -0.0517. The second kappa shape index (κ2) is 9.06. The smallest absolute Gasteiger partial charge is 0.250 e. The van der Waals surface area contributed by atoms with Crippen molar-refractivity contribution in [2.45, 2.75) is 12.5 Å². The second-order valence-electron chi connectivity index (χ2n) is 7.62. The van der Waals surface area contributed by atoms with E-state index in [-0.39, 0.29) is 11.8 Å². The fourth-order valence-corrected chi connectivity index (χ4v) is 4.55. The topological polar surface area (TPSA) is 53.1 Å². The minimum absolute atomic E-state index is 0.0228. The Morgan fingerprint density at radius 2 is 1.77 bits per heavy atom. The molecule has 158 valence electrons. The van der Waals surface area contributed by atoms with Gasteiger partial charge in [0, 0.05) is 39.8 Å². The van der Waals surface area contributed by atoms with Crippen molar-refractivity contribution in [3.05, 3.63) is 64.7 Å². The summed E-state index contributed by atoms with van der Waals surface area (Å²) < 4.78 is 5.19. The number of nitrogens with zero attached hydrogens (tertiary/aromatic N) is 3. The van der Waals surface area contributed by atoms with Gasteiger partial charge in [0.1, 0.15) is 6.04 Å². The first kappa shape index (κ1) is 20.7. The van der Waals surface area contributed by atoms with Crippen molar-refractivity contribution in [2.75, 3.05) is 51.3 Å². The molecule has 0 saturated carbocycles. The third-order valence-corrected chi connectivity index (χ3v) is 6.20. The normalized spacial score (nSPS) is 19.1. The molecule has 2 aliphatic rings. The van der Waals surface area contributed by atoms with Crippen LogP contribution in [0.25, 0.3) is 0 Å². The van der Waals surface area contributed by atoms with E-state index in [9.17, 15) is 9.59 Å². The lowest BCUT2D eigenvalue weighted by molar-refractivity contribution is -0.147. The number of carbonyl (C=O) groups excluding carboxylic acids is 2. The number of fused-ring (bicyclic) bond motifs is 1. The molecule has 4 rings (SSSR count). The van der Waals surface area contributed by atoms with Crippen LogP contribution in [0.3, 0.4) is 0 Å². The van der Waals surface area contributed by atoms with E-state index in [1.54, 1.807) is 12.0 Å². The Bertz CT molecular complexity index is 927. The third-order valence-electron chi connectivity index (χ3n) is 5.88. The molecule has 0 N–H and O–H groups in total. The minimum atomic E-state index is -0.593. The Morgan fingerprint density at radius 1 is 1.07 bits per heavy atom. The SMILES string of the molecule is COCCN1C(=O)Cc2ccccc2C1C(=O)N1CCN(c2ccccc2Cl)CC1. The molecule has 0 spiro atoms. The summed E-state index contributed by atoms with van der Waals surface area (Å²) >= 11 is 6.34. The maximum absolute atomic E-state index is 13.6. The van der Waals surface area contributed by atoms with E-state index in [4.69, 9.17) is 16.3 Å². The first-order valence-electron chi connectivity index (χ1n) is 10.2. The van der Waals surface area contributed by atoms with Crippen LogP contribution in [0.2, 0.25) is 5.02 Å². The molecule has 0 radical (unpaired) electrons. The standard InChI is InChI=1S/C23H26ClN3O3/c1-30-15-14-27-21(28)16-17-6-2-3-7-18(17)22(27)23(29)26-12-10-25(11-13-26)20-9-5-4-8-19(20)24/h2-9,22H,10-16H2,1H3. The van der Waals surface area contributed by atoms with Crippen LogP contribution in [0.4, 0.5) is 5.69 Å². The van der Waals surface area contributed by atoms with E-state index in [1.165, 1.54) is 0 Å². The van der Waals surface area contributed by atoms with Gasteiger partial charge in [-0.25, -0.2) is 0 Å². The predicted octanol–water partition coefficient (Wildman–Crippen LogP) is 2.76. The van der Waals surface area contributed by atoms with Gasteiger partial charge in [0.15, 0.2) is 0 Å². The summed E-state index contributed by atoms with van der Waals surface area (Å²) in [5.41, 5.74) is 2.85. The number of ether oxygens (including phenoxy) is 1. The molecule has 1 atom stereocenters. The number of anilines is 1. The lowest BCUT2D eigenvalue weighted by atomic mass is 9.91. The molecular weight excluding hydrogens is 402 g/mol. The highest BCUT2D eigenvalue weighted by molar-refractivity contribution is 6.33. The summed E-state index contributed by atoms with van der Waals surface area (Å²) in [7, 11) is 1.60. The van der Waals surface area contributed by atoms with Crippen molar-refractivity contribution < 1.29 is 14.3 Å². The number of amides is 2. The molecule has 6 nitrogen and oxygen atoms in total. The van der Waals surface area contributed by atoms with Gasteiger partial charge in [-0.05, 0) is 23.3 Å². The van der Waals surface area contributed by atoms with E-state index < -0.39 is 6.04 Å². The van der Waals surface area contributed by atoms with Crippen LogP contribution in [0, 0.1) is 0 Å². The Labute approximate surface area is 182 Å². The number of methoxy groups -OCH3 is 1. The summed E-state index contributed by atoms with van der Waals surface area (Å²) in [6.45, 7) is 3.40. The Hall–Kier alpha value is -2.57. The molecule has 7 heteroatoms. The summed E-state index contributed by atoms with van der Waals surface area (Å²) in [4.78, 5) is 32.2. The predicted molar refractivity (Wildman–Crippen MR) is 117 cm³/mol. The highest BCUT2D eigenvalue weighted by Crippen LogP contribution is 2.33. The number of benzene rings is 2. The number of para-hydroxylation sites is 1. The van der Waals surface area contributed by atoms with E-state index >= 15 is 0 Å². The van der Waals surface area contributed by atoms with Crippen LogP contribution >= 0.6 is 11.6 Å².